The van der Waals surface area contributed by atoms with E-state index in [0.717, 1.165) is 17.9 Å². The minimum atomic E-state index is -0.842. The van der Waals surface area contributed by atoms with Crippen LogP contribution in [0.5, 0.6) is 0 Å². The number of allylic oxidation sites excluding steroid dienone is 1. The first kappa shape index (κ1) is 15.5. The van der Waals surface area contributed by atoms with Crippen LogP contribution in [0.4, 0.5) is 10.2 Å². The Morgan fingerprint density at radius 1 is 1.57 bits per heavy atom. The Labute approximate surface area is 125 Å². The van der Waals surface area contributed by atoms with Crippen LogP contribution in [0, 0.1) is 0 Å². The molecule has 4 nitrogen and oxygen atoms in total. The number of anilines is 1. The summed E-state index contributed by atoms with van der Waals surface area (Å²) in [7, 11) is 1.92. The molecule has 1 aromatic heterocycles. The molecule has 1 aliphatic heterocycles. The van der Waals surface area contributed by atoms with E-state index in [2.05, 4.69) is 22.2 Å². The van der Waals surface area contributed by atoms with Crippen molar-refractivity contribution >= 4 is 11.5 Å². The maximum absolute atomic E-state index is 13.9. The largest absolute Gasteiger partial charge is 0.363 e. The molecule has 2 rings (SSSR count). The van der Waals surface area contributed by atoms with E-state index < -0.39 is 6.17 Å². The molecule has 1 fully saturated rings. The van der Waals surface area contributed by atoms with Gasteiger partial charge in [0.25, 0.3) is 0 Å². The van der Waals surface area contributed by atoms with Crippen LogP contribution in [-0.4, -0.2) is 42.2 Å². The SMILES string of the molecule is C=C(c1cccc(N[C@H]2CNCC[C@@H]2F)n1)N(C)/C=C\C. The van der Waals surface area contributed by atoms with Crippen molar-refractivity contribution in [2.75, 3.05) is 25.5 Å². The summed E-state index contributed by atoms with van der Waals surface area (Å²) in [5.41, 5.74) is 1.58. The molecule has 2 heterocycles. The Morgan fingerprint density at radius 2 is 2.38 bits per heavy atom. The number of alkyl halides is 1. The van der Waals surface area contributed by atoms with E-state index >= 15 is 0 Å². The van der Waals surface area contributed by atoms with E-state index in [1.807, 2.05) is 49.3 Å². The molecule has 0 amide bonds. The average molecular weight is 290 g/mol. The standard InChI is InChI=1S/C16H23FN4/c1-4-10-21(3)12(2)14-6-5-7-16(19-14)20-15-11-18-9-8-13(15)17/h4-7,10,13,15,18H,2,8-9,11H2,1,3H3,(H,19,20)/b10-4-/t13-,15-/m0/s1. The molecular formula is C16H23FN4. The molecule has 2 N–H and O–H groups in total. The van der Waals surface area contributed by atoms with Gasteiger partial charge in [0.2, 0.25) is 0 Å². The number of rotatable bonds is 5. The van der Waals surface area contributed by atoms with E-state index in [1.54, 1.807) is 0 Å². The van der Waals surface area contributed by atoms with Gasteiger partial charge in [0.05, 0.1) is 17.4 Å². The Bertz CT molecular complexity index is 515. The molecule has 5 heteroatoms. The fourth-order valence-electron chi connectivity index (χ4n) is 2.33. The number of hydrogen-bond donors (Lipinski definition) is 2. The van der Waals surface area contributed by atoms with Gasteiger partial charge in [-0.15, -0.1) is 0 Å². The smallest absolute Gasteiger partial charge is 0.127 e. The molecule has 0 aromatic carbocycles. The summed E-state index contributed by atoms with van der Waals surface area (Å²) in [6.45, 7) is 7.35. The third-order valence-corrected chi connectivity index (χ3v) is 3.57. The van der Waals surface area contributed by atoms with Gasteiger partial charge in [-0.25, -0.2) is 9.37 Å². The zero-order valence-electron chi connectivity index (χ0n) is 12.6. The van der Waals surface area contributed by atoms with Crippen molar-refractivity contribution < 1.29 is 4.39 Å². The molecule has 21 heavy (non-hydrogen) atoms. The second kappa shape index (κ2) is 7.22. The normalized spacial score (nSPS) is 22.2. The van der Waals surface area contributed by atoms with E-state index in [9.17, 15) is 4.39 Å². The molecule has 1 aromatic rings. The Balaban J connectivity index is 2.08. The van der Waals surface area contributed by atoms with Gasteiger partial charge in [0.15, 0.2) is 0 Å². The fraction of sp³-hybridized carbons (Fsp3) is 0.438. The van der Waals surface area contributed by atoms with Crippen molar-refractivity contribution in [1.29, 1.82) is 0 Å². The number of nitrogens with zero attached hydrogens (tertiary/aromatic N) is 2. The molecule has 0 radical (unpaired) electrons. The highest BCUT2D eigenvalue weighted by molar-refractivity contribution is 5.60. The second-order valence-electron chi connectivity index (χ2n) is 5.21. The summed E-state index contributed by atoms with van der Waals surface area (Å²) in [6, 6.07) is 5.43. The highest BCUT2D eigenvalue weighted by atomic mass is 19.1. The van der Waals surface area contributed by atoms with E-state index in [4.69, 9.17) is 0 Å². The predicted octanol–water partition coefficient (Wildman–Crippen LogP) is 2.63. The van der Waals surface area contributed by atoms with Crippen molar-refractivity contribution in [2.24, 2.45) is 0 Å². The van der Waals surface area contributed by atoms with Crippen molar-refractivity contribution in [3.05, 3.63) is 42.7 Å². The lowest BCUT2D eigenvalue weighted by molar-refractivity contribution is 0.241. The topological polar surface area (TPSA) is 40.2 Å². The lowest BCUT2D eigenvalue weighted by atomic mass is 10.1. The zero-order chi connectivity index (χ0) is 15.2. The van der Waals surface area contributed by atoms with Crippen molar-refractivity contribution in [2.45, 2.75) is 25.6 Å². The number of halogens is 1. The van der Waals surface area contributed by atoms with Crippen LogP contribution in [0.15, 0.2) is 37.1 Å². The molecule has 1 aliphatic rings. The van der Waals surface area contributed by atoms with Crippen molar-refractivity contribution in [3.63, 3.8) is 0 Å². The molecule has 1 saturated heterocycles. The van der Waals surface area contributed by atoms with Gasteiger partial charge in [-0.3, -0.25) is 0 Å². The van der Waals surface area contributed by atoms with Crippen molar-refractivity contribution in [3.8, 4) is 0 Å². The molecule has 0 unspecified atom stereocenters. The van der Waals surface area contributed by atoms with E-state index in [-0.39, 0.29) is 6.04 Å². The van der Waals surface area contributed by atoms with Crippen LogP contribution < -0.4 is 10.6 Å². The van der Waals surface area contributed by atoms with Crippen LogP contribution in [0.1, 0.15) is 19.0 Å². The third-order valence-electron chi connectivity index (χ3n) is 3.57. The van der Waals surface area contributed by atoms with Gasteiger partial charge >= 0.3 is 0 Å². The molecule has 0 bridgehead atoms. The van der Waals surface area contributed by atoms with Crippen molar-refractivity contribution in [1.82, 2.24) is 15.2 Å². The van der Waals surface area contributed by atoms with Crippen LogP contribution in [-0.2, 0) is 0 Å². The Kier molecular flexibility index (Phi) is 5.33. The first-order valence-corrected chi connectivity index (χ1v) is 7.25. The van der Waals surface area contributed by atoms with E-state index in [0.29, 0.717) is 18.8 Å². The summed E-state index contributed by atoms with van der Waals surface area (Å²) in [5, 5.41) is 6.36. The quantitative estimate of drug-likeness (QED) is 0.874. The molecule has 114 valence electrons. The summed E-state index contributed by atoms with van der Waals surface area (Å²) in [6.07, 6.45) is 3.56. The van der Waals surface area contributed by atoms with Crippen LogP contribution >= 0.6 is 0 Å². The Morgan fingerprint density at radius 3 is 3.10 bits per heavy atom. The Hall–Kier alpha value is -1.88. The number of pyridine rings is 1. The lowest BCUT2D eigenvalue weighted by Gasteiger charge is -2.28. The minimum Gasteiger partial charge on any atom is -0.363 e. The van der Waals surface area contributed by atoms with Gasteiger partial charge in [-0.2, -0.15) is 0 Å². The first-order chi connectivity index (χ1) is 10.1. The zero-order valence-corrected chi connectivity index (χ0v) is 12.6. The number of hydrogen-bond acceptors (Lipinski definition) is 4. The summed E-state index contributed by atoms with van der Waals surface area (Å²) in [4.78, 5) is 6.43. The summed E-state index contributed by atoms with van der Waals surface area (Å²) >= 11 is 0. The van der Waals surface area contributed by atoms with Gasteiger partial charge in [0.1, 0.15) is 12.0 Å². The lowest BCUT2D eigenvalue weighted by Crippen LogP contribution is -2.46. The second-order valence-corrected chi connectivity index (χ2v) is 5.21. The van der Waals surface area contributed by atoms with Gasteiger partial charge < -0.3 is 15.5 Å². The minimum absolute atomic E-state index is 0.233. The highest BCUT2D eigenvalue weighted by Crippen LogP contribution is 2.18. The molecular weight excluding hydrogens is 267 g/mol. The first-order valence-electron chi connectivity index (χ1n) is 7.25. The average Bonchev–Trinajstić information content (AvgIpc) is 2.49. The highest BCUT2D eigenvalue weighted by Gasteiger charge is 2.24. The maximum Gasteiger partial charge on any atom is 0.127 e. The molecule has 0 aliphatic carbocycles. The molecule has 0 saturated carbocycles. The molecule has 2 atom stereocenters. The van der Waals surface area contributed by atoms with E-state index in [1.165, 1.54) is 0 Å². The maximum atomic E-state index is 13.9. The van der Waals surface area contributed by atoms with Crippen LogP contribution in [0.2, 0.25) is 0 Å². The monoisotopic (exact) mass is 290 g/mol. The number of nitrogens with one attached hydrogen (secondary N) is 2. The predicted molar refractivity (Wildman–Crippen MR) is 85.6 cm³/mol. The third kappa shape index (κ3) is 4.04. The summed E-state index contributed by atoms with van der Waals surface area (Å²) < 4.78 is 13.9. The molecule has 0 spiro atoms. The fourth-order valence-corrected chi connectivity index (χ4v) is 2.33. The van der Waals surface area contributed by atoms with Crippen LogP contribution in [0.25, 0.3) is 5.70 Å². The van der Waals surface area contributed by atoms with Gasteiger partial charge in [-0.1, -0.05) is 18.7 Å². The van der Waals surface area contributed by atoms with Gasteiger partial charge in [0, 0.05) is 13.6 Å². The van der Waals surface area contributed by atoms with Crippen LogP contribution in [0.3, 0.4) is 0 Å². The van der Waals surface area contributed by atoms with Gasteiger partial charge in [-0.05, 0) is 38.2 Å². The number of aromatic nitrogens is 1. The number of piperidine rings is 1. The summed E-state index contributed by atoms with van der Waals surface area (Å²) in [5.74, 6) is 0.680.